The first-order valence-corrected chi connectivity index (χ1v) is 7.41. The maximum absolute atomic E-state index is 13.3. The molecule has 1 N–H and O–H groups in total. The number of halogens is 1. The van der Waals surface area contributed by atoms with Crippen LogP contribution < -0.4 is 0 Å². The first-order valence-electron chi connectivity index (χ1n) is 7.41. The summed E-state index contributed by atoms with van der Waals surface area (Å²) in [5.41, 5.74) is 1.74. The molecular formula is C19H16FNO3. The summed E-state index contributed by atoms with van der Waals surface area (Å²) in [6.07, 6.45) is 1.59. The van der Waals surface area contributed by atoms with Crippen LogP contribution in [0, 0.1) is 5.82 Å². The highest BCUT2D eigenvalue weighted by Crippen LogP contribution is 2.22. The van der Waals surface area contributed by atoms with E-state index < -0.39 is 5.82 Å². The Balaban J connectivity index is 1.74. The molecule has 0 saturated carbocycles. The van der Waals surface area contributed by atoms with E-state index >= 15 is 0 Å². The van der Waals surface area contributed by atoms with E-state index in [0.717, 1.165) is 11.3 Å². The molecule has 3 rings (SSSR count). The van der Waals surface area contributed by atoms with Crippen molar-refractivity contribution in [3.63, 3.8) is 0 Å². The Hall–Kier alpha value is -3.08. The van der Waals surface area contributed by atoms with E-state index in [-0.39, 0.29) is 18.2 Å². The Morgan fingerprint density at radius 2 is 1.92 bits per heavy atom. The number of benzene rings is 2. The molecule has 0 saturated heterocycles. The smallest absolute Gasteiger partial charge is 0.253 e. The number of furan rings is 1. The van der Waals surface area contributed by atoms with Gasteiger partial charge in [0.15, 0.2) is 0 Å². The van der Waals surface area contributed by atoms with Crippen LogP contribution in [0.3, 0.4) is 0 Å². The molecule has 4 nitrogen and oxygen atoms in total. The topological polar surface area (TPSA) is 53.7 Å². The molecule has 0 spiro atoms. The number of phenolic OH excluding ortho intramolecular Hbond substituents is 1. The maximum atomic E-state index is 13.3. The van der Waals surface area contributed by atoms with Crippen molar-refractivity contribution in [3.8, 4) is 17.1 Å². The molecule has 0 atom stereocenters. The SMILES string of the molecule is CN(Cc1cc(F)ccc1O)C(=O)c1ccc(-c2ccco2)cc1. The fraction of sp³-hybridized carbons (Fsp3) is 0.105. The summed E-state index contributed by atoms with van der Waals surface area (Å²) in [5, 5.41) is 9.76. The Morgan fingerprint density at radius 3 is 2.58 bits per heavy atom. The third-order valence-electron chi connectivity index (χ3n) is 3.73. The minimum absolute atomic E-state index is 0.0378. The number of hydrogen-bond acceptors (Lipinski definition) is 3. The molecule has 3 aromatic rings. The number of carbonyl (C=O) groups excluding carboxylic acids is 1. The number of nitrogens with zero attached hydrogens (tertiary/aromatic N) is 1. The van der Waals surface area contributed by atoms with Crippen LogP contribution in [0.4, 0.5) is 4.39 Å². The molecule has 1 heterocycles. The summed E-state index contributed by atoms with van der Waals surface area (Å²) in [4.78, 5) is 13.9. The molecule has 0 unspecified atom stereocenters. The summed E-state index contributed by atoms with van der Waals surface area (Å²) in [5.74, 6) is 0.0207. The van der Waals surface area contributed by atoms with Crippen molar-refractivity contribution >= 4 is 5.91 Å². The van der Waals surface area contributed by atoms with Gasteiger partial charge < -0.3 is 14.4 Å². The van der Waals surface area contributed by atoms with E-state index in [1.54, 1.807) is 43.6 Å². The van der Waals surface area contributed by atoms with Gasteiger partial charge in [-0.1, -0.05) is 12.1 Å². The normalized spacial score (nSPS) is 10.6. The van der Waals surface area contributed by atoms with Gasteiger partial charge in [-0.15, -0.1) is 0 Å². The van der Waals surface area contributed by atoms with Gasteiger partial charge in [0.25, 0.3) is 5.91 Å². The van der Waals surface area contributed by atoms with Crippen molar-refractivity contribution in [1.82, 2.24) is 4.90 Å². The van der Waals surface area contributed by atoms with Gasteiger partial charge in [0.05, 0.1) is 6.26 Å². The first-order chi connectivity index (χ1) is 11.5. The van der Waals surface area contributed by atoms with Crippen LogP contribution in [0.1, 0.15) is 15.9 Å². The Bertz CT molecular complexity index is 842. The summed E-state index contributed by atoms with van der Waals surface area (Å²) >= 11 is 0. The minimum atomic E-state index is -0.452. The zero-order valence-corrected chi connectivity index (χ0v) is 13.1. The van der Waals surface area contributed by atoms with Gasteiger partial charge in [-0.2, -0.15) is 0 Å². The van der Waals surface area contributed by atoms with Crippen molar-refractivity contribution in [2.45, 2.75) is 6.54 Å². The third kappa shape index (κ3) is 3.30. The molecule has 24 heavy (non-hydrogen) atoms. The second-order valence-corrected chi connectivity index (χ2v) is 5.49. The molecule has 0 fully saturated rings. The highest BCUT2D eigenvalue weighted by molar-refractivity contribution is 5.94. The van der Waals surface area contributed by atoms with Crippen LogP contribution in [-0.4, -0.2) is 23.0 Å². The van der Waals surface area contributed by atoms with Gasteiger partial charge in [-0.25, -0.2) is 4.39 Å². The number of rotatable bonds is 4. The number of hydrogen-bond donors (Lipinski definition) is 1. The standard InChI is InChI=1S/C19H16FNO3/c1-21(12-15-11-16(20)8-9-17(15)22)19(23)14-6-4-13(5-7-14)18-3-2-10-24-18/h2-11,22H,12H2,1H3. The first kappa shape index (κ1) is 15.8. The average Bonchev–Trinajstić information content (AvgIpc) is 3.12. The lowest BCUT2D eigenvalue weighted by Gasteiger charge is -2.18. The van der Waals surface area contributed by atoms with E-state index in [2.05, 4.69) is 0 Å². The van der Waals surface area contributed by atoms with Gasteiger partial charge >= 0.3 is 0 Å². The number of phenols is 1. The van der Waals surface area contributed by atoms with E-state index in [4.69, 9.17) is 4.42 Å². The summed E-state index contributed by atoms with van der Waals surface area (Å²) in [7, 11) is 1.60. The van der Waals surface area contributed by atoms with Crippen LogP contribution in [-0.2, 0) is 6.54 Å². The van der Waals surface area contributed by atoms with Crippen LogP contribution >= 0.6 is 0 Å². The van der Waals surface area contributed by atoms with E-state index in [9.17, 15) is 14.3 Å². The van der Waals surface area contributed by atoms with Crippen LogP contribution in [0.25, 0.3) is 11.3 Å². The lowest BCUT2D eigenvalue weighted by atomic mass is 10.1. The third-order valence-corrected chi connectivity index (χ3v) is 3.73. The minimum Gasteiger partial charge on any atom is -0.508 e. The molecule has 1 amide bonds. The lowest BCUT2D eigenvalue weighted by molar-refractivity contribution is 0.0784. The van der Waals surface area contributed by atoms with Gasteiger partial charge in [0.1, 0.15) is 17.3 Å². The number of aromatic hydroxyl groups is 1. The van der Waals surface area contributed by atoms with Crippen LogP contribution in [0.5, 0.6) is 5.75 Å². The molecule has 0 radical (unpaired) electrons. The largest absolute Gasteiger partial charge is 0.508 e. The highest BCUT2D eigenvalue weighted by atomic mass is 19.1. The zero-order valence-electron chi connectivity index (χ0n) is 13.1. The van der Waals surface area contributed by atoms with Gasteiger partial charge in [0.2, 0.25) is 0 Å². The van der Waals surface area contributed by atoms with Crippen molar-refractivity contribution < 1.29 is 18.7 Å². The van der Waals surface area contributed by atoms with Gasteiger partial charge in [-0.05, 0) is 42.5 Å². The molecular weight excluding hydrogens is 309 g/mol. The van der Waals surface area contributed by atoms with Crippen molar-refractivity contribution in [2.24, 2.45) is 0 Å². The number of amides is 1. The second kappa shape index (κ2) is 6.58. The van der Waals surface area contributed by atoms with Crippen molar-refractivity contribution in [2.75, 3.05) is 7.05 Å². The Morgan fingerprint density at radius 1 is 1.17 bits per heavy atom. The molecule has 0 aliphatic carbocycles. The Kier molecular flexibility index (Phi) is 4.33. The molecule has 0 bridgehead atoms. The molecule has 122 valence electrons. The van der Waals surface area contributed by atoms with Crippen LogP contribution in [0.15, 0.2) is 65.3 Å². The quantitative estimate of drug-likeness (QED) is 0.787. The zero-order chi connectivity index (χ0) is 17.1. The fourth-order valence-electron chi connectivity index (χ4n) is 2.45. The summed E-state index contributed by atoms with van der Waals surface area (Å²) in [6.45, 7) is 0.113. The lowest BCUT2D eigenvalue weighted by Crippen LogP contribution is -2.26. The molecule has 0 aliphatic heterocycles. The molecule has 1 aromatic heterocycles. The number of carbonyl (C=O) groups is 1. The van der Waals surface area contributed by atoms with E-state index in [1.807, 2.05) is 6.07 Å². The molecule has 0 aliphatic rings. The van der Waals surface area contributed by atoms with Crippen LogP contribution in [0.2, 0.25) is 0 Å². The van der Waals surface area contributed by atoms with E-state index in [1.165, 1.54) is 23.1 Å². The van der Waals surface area contributed by atoms with Crippen molar-refractivity contribution in [1.29, 1.82) is 0 Å². The molecule has 2 aromatic carbocycles. The molecule has 5 heteroatoms. The summed E-state index contributed by atoms with van der Waals surface area (Å²) < 4.78 is 18.6. The Labute approximate surface area is 138 Å². The maximum Gasteiger partial charge on any atom is 0.253 e. The highest BCUT2D eigenvalue weighted by Gasteiger charge is 2.14. The fourth-order valence-corrected chi connectivity index (χ4v) is 2.45. The average molecular weight is 325 g/mol. The van der Waals surface area contributed by atoms with Gasteiger partial charge in [0, 0.05) is 30.3 Å². The summed E-state index contributed by atoms with van der Waals surface area (Å²) in [6, 6.07) is 14.3. The van der Waals surface area contributed by atoms with Crippen molar-refractivity contribution in [3.05, 3.63) is 77.8 Å². The predicted molar refractivity (Wildman–Crippen MR) is 88.0 cm³/mol. The van der Waals surface area contributed by atoms with Gasteiger partial charge in [-0.3, -0.25) is 4.79 Å². The predicted octanol–water partition coefficient (Wildman–Crippen LogP) is 4.06. The second-order valence-electron chi connectivity index (χ2n) is 5.49. The van der Waals surface area contributed by atoms with E-state index in [0.29, 0.717) is 11.1 Å². The monoisotopic (exact) mass is 325 g/mol.